The van der Waals surface area contributed by atoms with E-state index in [0.29, 0.717) is 6.54 Å². The number of carbonyl (C=O) groups excluding carboxylic acids is 2. The largest absolute Gasteiger partial charge is 0.508 e. The first kappa shape index (κ1) is 16.6. The fourth-order valence-corrected chi connectivity index (χ4v) is 3.93. The van der Waals surface area contributed by atoms with Gasteiger partial charge >= 0.3 is 5.97 Å². The number of aryl methyl sites for hydroxylation is 2. The van der Waals surface area contributed by atoms with Gasteiger partial charge in [-0.1, -0.05) is 31.2 Å². The van der Waals surface area contributed by atoms with Crippen LogP contribution in [0.1, 0.15) is 47.9 Å². The van der Waals surface area contributed by atoms with E-state index < -0.39 is 11.8 Å². The lowest BCUT2D eigenvalue weighted by molar-refractivity contribution is -0.154. The van der Waals surface area contributed by atoms with Gasteiger partial charge in [-0.05, 0) is 48.1 Å². The van der Waals surface area contributed by atoms with Crippen LogP contribution in [-0.2, 0) is 27.3 Å². The molecule has 0 saturated heterocycles. The Hall–Kier alpha value is -2.82. The van der Waals surface area contributed by atoms with E-state index in [0.717, 1.165) is 36.1 Å². The van der Waals surface area contributed by atoms with Crippen LogP contribution in [0.4, 0.5) is 5.69 Å². The molecular weight excluding hydrogens is 330 g/mol. The van der Waals surface area contributed by atoms with Crippen LogP contribution in [-0.4, -0.2) is 23.4 Å². The minimum absolute atomic E-state index is 0.110. The molecular formula is C21H21NO4. The predicted octanol–water partition coefficient (Wildman–Crippen LogP) is 3.27. The van der Waals surface area contributed by atoms with Gasteiger partial charge in [-0.25, -0.2) is 9.86 Å². The van der Waals surface area contributed by atoms with E-state index in [-0.39, 0.29) is 18.1 Å². The zero-order valence-electron chi connectivity index (χ0n) is 14.7. The van der Waals surface area contributed by atoms with Gasteiger partial charge in [0, 0.05) is 17.9 Å². The van der Waals surface area contributed by atoms with E-state index in [9.17, 15) is 14.7 Å². The summed E-state index contributed by atoms with van der Waals surface area (Å²) >= 11 is 0. The molecule has 0 radical (unpaired) electrons. The smallest absolute Gasteiger partial charge is 0.398 e. The Balaban J connectivity index is 1.69. The highest BCUT2D eigenvalue weighted by atomic mass is 16.7. The lowest BCUT2D eigenvalue weighted by Crippen LogP contribution is -2.30. The van der Waals surface area contributed by atoms with Gasteiger partial charge in [0.1, 0.15) is 5.75 Å². The van der Waals surface area contributed by atoms with Crippen molar-refractivity contribution >= 4 is 17.4 Å². The van der Waals surface area contributed by atoms with E-state index >= 15 is 0 Å². The number of ketones is 1. The average Bonchev–Trinajstić information content (AvgIpc) is 3.24. The Bertz CT molecular complexity index is 890. The molecule has 1 heterocycles. The fraction of sp³-hybridized carbons (Fsp3) is 0.333. The molecule has 1 aliphatic carbocycles. The number of fused-ring (bicyclic) bond motifs is 2. The highest BCUT2D eigenvalue weighted by Crippen LogP contribution is 2.44. The molecule has 134 valence electrons. The first-order valence-electron chi connectivity index (χ1n) is 9.04. The Morgan fingerprint density at radius 2 is 1.88 bits per heavy atom. The number of carbonyl (C=O) groups is 2. The fourth-order valence-electron chi connectivity index (χ4n) is 3.93. The van der Waals surface area contributed by atoms with Gasteiger partial charge in [-0.2, -0.15) is 0 Å². The number of nitrogens with zero attached hydrogens (tertiary/aromatic N) is 1. The van der Waals surface area contributed by atoms with Gasteiger partial charge in [-0.3, -0.25) is 4.79 Å². The standard InChI is InChI=1S/C21H21NO4/c1-2-19(23)21(25)26-22-12-17(15-8-3-4-9-18(15)22)16-10-13-6-5-7-14(13)11-20(16)24/h3-4,8-11,17,24H,2,5-7,12H2,1H3. The molecule has 0 spiro atoms. The first-order chi connectivity index (χ1) is 12.6. The van der Waals surface area contributed by atoms with Gasteiger partial charge in [0.2, 0.25) is 5.78 Å². The zero-order valence-corrected chi connectivity index (χ0v) is 14.7. The number of benzene rings is 2. The minimum Gasteiger partial charge on any atom is -0.508 e. The molecule has 2 aromatic rings. The van der Waals surface area contributed by atoms with E-state index in [4.69, 9.17) is 4.84 Å². The summed E-state index contributed by atoms with van der Waals surface area (Å²) in [6, 6.07) is 11.6. The third-order valence-corrected chi connectivity index (χ3v) is 5.29. The van der Waals surface area contributed by atoms with Crippen molar-refractivity contribution in [2.24, 2.45) is 0 Å². The molecule has 2 aromatic carbocycles. The molecule has 5 heteroatoms. The second-order valence-corrected chi connectivity index (χ2v) is 6.86. The summed E-state index contributed by atoms with van der Waals surface area (Å²) in [6.07, 6.45) is 3.26. The second kappa shape index (κ2) is 6.48. The number of phenols is 1. The molecule has 0 bridgehead atoms. The van der Waals surface area contributed by atoms with E-state index in [1.807, 2.05) is 30.3 Å². The van der Waals surface area contributed by atoms with E-state index in [1.165, 1.54) is 16.2 Å². The number of Topliss-reactive ketones (excluding diaryl/α,β-unsaturated/α-hetero) is 1. The molecule has 5 nitrogen and oxygen atoms in total. The SMILES string of the molecule is CCC(=O)C(=O)ON1CC(c2cc3c(cc2O)CCC3)c2ccccc21. The Kier molecular flexibility index (Phi) is 4.15. The molecule has 2 aliphatic rings. The number of rotatable bonds is 4. The number of hydrogen-bond acceptors (Lipinski definition) is 5. The topological polar surface area (TPSA) is 66.8 Å². The van der Waals surface area contributed by atoms with Crippen molar-refractivity contribution in [1.82, 2.24) is 0 Å². The summed E-state index contributed by atoms with van der Waals surface area (Å²) in [7, 11) is 0. The van der Waals surface area contributed by atoms with Gasteiger partial charge < -0.3 is 9.94 Å². The summed E-state index contributed by atoms with van der Waals surface area (Å²) in [5.74, 6) is -1.22. The number of anilines is 1. The summed E-state index contributed by atoms with van der Waals surface area (Å²) in [4.78, 5) is 28.9. The number of hydroxylamine groups is 1. The lowest BCUT2D eigenvalue weighted by atomic mass is 9.90. The third kappa shape index (κ3) is 2.73. The van der Waals surface area contributed by atoms with E-state index in [1.54, 1.807) is 6.92 Å². The average molecular weight is 351 g/mol. The highest BCUT2D eigenvalue weighted by molar-refractivity contribution is 6.33. The number of aromatic hydroxyl groups is 1. The van der Waals surface area contributed by atoms with E-state index in [2.05, 4.69) is 6.07 Å². The van der Waals surface area contributed by atoms with Crippen LogP contribution in [0.2, 0.25) is 0 Å². The Morgan fingerprint density at radius 1 is 1.15 bits per heavy atom. The summed E-state index contributed by atoms with van der Waals surface area (Å²) in [5, 5.41) is 12.0. The number of hydrogen-bond donors (Lipinski definition) is 1. The normalized spacial score (nSPS) is 17.7. The first-order valence-corrected chi connectivity index (χ1v) is 9.04. The molecule has 1 atom stereocenters. The van der Waals surface area contributed by atoms with Crippen molar-refractivity contribution in [2.45, 2.75) is 38.5 Å². The molecule has 1 unspecified atom stereocenters. The Morgan fingerprint density at radius 3 is 2.65 bits per heavy atom. The molecule has 0 fully saturated rings. The van der Waals surface area contributed by atoms with Crippen molar-refractivity contribution < 1.29 is 19.5 Å². The maximum Gasteiger partial charge on any atom is 0.398 e. The van der Waals surface area contributed by atoms with Crippen LogP contribution in [0.3, 0.4) is 0 Å². The lowest BCUT2D eigenvalue weighted by Gasteiger charge is -2.18. The molecule has 1 aliphatic heterocycles. The van der Waals surface area contributed by atoms with Crippen LogP contribution < -0.4 is 5.06 Å². The Labute approximate surface area is 152 Å². The van der Waals surface area contributed by atoms with Gasteiger partial charge in [0.25, 0.3) is 0 Å². The van der Waals surface area contributed by atoms with Crippen molar-refractivity contribution in [3.63, 3.8) is 0 Å². The van der Waals surface area contributed by atoms with Crippen molar-refractivity contribution in [1.29, 1.82) is 0 Å². The van der Waals surface area contributed by atoms with Crippen LogP contribution in [0.5, 0.6) is 5.75 Å². The van der Waals surface area contributed by atoms with Crippen LogP contribution in [0, 0.1) is 0 Å². The summed E-state index contributed by atoms with van der Waals surface area (Å²) < 4.78 is 0. The predicted molar refractivity (Wildman–Crippen MR) is 97.2 cm³/mol. The van der Waals surface area contributed by atoms with Crippen molar-refractivity contribution in [2.75, 3.05) is 11.6 Å². The van der Waals surface area contributed by atoms with Crippen LogP contribution in [0.15, 0.2) is 36.4 Å². The van der Waals surface area contributed by atoms with Crippen molar-refractivity contribution in [3.05, 3.63) is 58.7 Å². The third-order valence-electron chi connectivity index (χ3n) is 5.29. The molecule has 4 rings (SSSR count). The van der Waals surface area contributed by atoms with Crippen LogP contribution in [0.25, 0.3) is 0 Å². The van der Waals surface area contributed by atoms with Gasteiger partial charge in [0.15, 0.2) is 0 Å². The number of phenolic OH excluding ortho intramolecular Hbond substituents is 1. The summed E-state index contributed by atoms with van der Waals surface area (Å²) in [5.41, 5.74) is 5.09. The molecule has 0 amide bonds. The molecule has 0 aromatic heterocycles. The highest BCUT2D eigenvalue weighted by Gasteiger charge is 2.35. The quantitative estimate of drug-likeness (QED) is 0.857. The molecule has 0 saturated carbocycles. The van der Waals surface area contributed by atoms with Gasteiger partial charge in [-0.15, -0.1) is 0 Å². The minimum atomic E-state index is -0.846. The maximum atomic E-state index is 11.9. The number of para-hydroxylation sites is 1. The second-order valence-electron chi connectivity index (χ2n) is 6.86. The maximum absolute atomic E-state index is 11.9. The van der Waals surface area contributed by atoms with Crippen LogP contribution >= 0.6 is 0 Å². The monoisotopic (exact) mass is 351 g/mol. The van der Waals surface area contributed by atoms with Gasteiger partial charge in [0.05, 0.1) is 12.2 Å². The molecule has 26 heavy (non-hydrogen) atoms. The summed E-state index contributed by atoms with van der Waals surface area (Å²) in [6.45, 7) is 2.02. The van der Waals surface area contributed by atoms with Crippen molar-refractivity contribution in [3.8, 4) is 5.75 Å². The zero-order chi connectivity index (χ0) is 18.3. The molecule has 1 N–H and O–H groups in total.